The van der Waals surface area contributed by atoms with Crippen LogP contribution in [0.1, 0.15) is 25.8 Å². The predicted octanol–water partition coefficient (Wildman–Crippen LogP) is 1.60. The van der Waals surface area contributed by atoms with Crippen LogP contribution in [0, 0.1) is 5.92 Å². The van der Waals surface area contributed by atoms with E-state index in [1.165, 1.54) is 0 Å². The summed E-state index contributed by atoms with van der Waals surface area (Å²) in [6.07, 6.45) is 1.09. The van der Waals surface area contributed by atoms with Crippen LogP contribution in [0.3, 0.4) is 0 Å². The first-order valence-corrected chi connectivity index (χ1v) is 6.36. The number of nitrogen functional groups attached to an aromatic ring is 1. The zero-order chi connectivity index (χ0) is 13.5. The van der Waals surface area contributed by atoms with Crippen molar-refractivity contribution in [3.63, 3.8) is 0 Å². The minimum absolute atomic E-state index is 0.284. The Bertz CT molecular complexity index is 375. The van der Waals surface area contributed by atoms with E-state index in [4.69, 9.17) is 11.5 Å². The largest absolute Gasteiger partial charge is 0.399 e. The molecular weight excluding hydrogens is 226 g/mol. The molecule has 0 saturated heterocycles. The molecule has 4 heteroatoms. The highest BCUT2D eigenvalue weighted by atomic mass is 16.1. The highest BCUT2D eigenvalue weighted by molar-refractivity contribution is 5.75. The second-order valence-electron chi connectivity index (χ2n) is 4.89. The monoisotopic (exact) mass is 249 g/mol. The average Bonchev–Trinajstić information content (AvgIpc) is 2.31. The number of hydrogen-bond donors (Lipinski definition) is 2. The Morgan fingerprint density at radius 1 is 1.33 bits per heavy atom. The van der Waals surface area contributed by atoms with E-state index in [0.29, 0.717) is 12.5 Å². The van der Waals surface area contributed by atoms with E-state index in [-0.39, 0.29) is 5.91 Å². The molecule has 0 spiro atoms. The van der Waals surface area contributed by atoms with Crippen LogP contribution >= 0.6 is 0 Å². The fourth-order valence-electron chi connectivity index (χ4n) is 1.86. The summed E-state index contributed by atoms with van der Waals surface area (Å²) in [4.78, 5) is 13.2. The van der Waals surface area contributed by atoms with Crippen LogP contribution in [0.25, 0.3) is 0 Å². The molecule has 0 radical (unpaired) electrons. The van der Waals surface area contributed by atoms with Gasteiger partial charge in [-0.25, -0.2) is 0 Å². The van der Waals surface area contributed by atoms with E-state index in [1.807, 2.05) is 24.3 Å². The van der Waals surface area contributed by atoms with Crippen molar-refractivity contribution in [2.45, 2.75) is 26.8 Å². The lowest BCUT2D eigenvalue weighted by atomic mass is 10.1. The van der Waals surface area contributed by atoms with Crippen molar-refractivity contribution in [2.75, 3.05) is 18.8 Å². The van der Waals surface area contributed by atoms with Gasteiger partial charge in [0.25, 0.3) is 0 Å². The Labute approximate surface area is 109 Å². The Morgan fingerprint density at radius 3 is 2.44 bits per heavy atom. The van der Waals surface area contributed by atoms with Crippen molar-refractivity contribution in [3.05, 3.63) is 29.8 Å². The van der Waals surface area contributed by atoms with Gasteiger partial charge in [-0.3, -0.25) is 9.69 Å². The molecule has 0 saturated carbocycles. The summed E-state index contributed by atoms with van der Waals surface area (Å²) in [5.41, 5.74) is 12.8. The Balaban J connectivity index is 2.65. The van der Waals surface area contributed by atoms with Crippen LogP contribution in [-0.4, -0.2) is 23.9 Å². The van der Waals surface area contributed by atoms with Crippen molar-refractivity contribution in [1.29, 1.82) is 0 Å². The number of primary amides is 1. The number of carbonyl (C=O) groups excluding carboxylic acids is 1. The normalized spacial score (nSPS) is 12.6. The maximum absolute atomic E-state index is 11.1. The van der Waals surface area contributed by atoms with Crippen LogP contribution in [0.15, 0.2) is 24.3 Å². The standard InChI is InChI=1S/C14H23N3O/c1-3-11(2)8-17(10-14(16)18)9-12-4-6-13(15)7-5-12/h4-7,11H,3,8-10,15H2,1-2H3,(H2,16,18). The van der Waals surface area contributed by atoms with E-state index >= 15 is 0 Å². The van der Waals surface area contributed by atoms with Gasteiger partial charge in [-0.2, -0.15) is 0 Å². The quantitative estimate of drug-likeness (QED) is 0.721. The lowest BCUT2D eigenvalue weighted by Crippen LogP contribution is -2.36. The van der Waals surface area contributed by atoms with Gasteiger partial charge in [-0.15, -0.1) is 0 Å². The number of amides is 1. The van der Waals surface area contributed by atoms with Crippen molar-refractivity contribution < 1.29 is 4.79 Å². The number of nitrogens with two attached hydrogens (primary N) is 2. The van der Waals surface area contributed by atoms with Gasteiger partial charge in [0, 0.05) is 18.8 Å². The fourth-order valence-corrected chi connectivity index (χ4v) is 1.86. The molecule has 100 valence electrons. The fraction of sp³-hybridized carbons (Fsp3) is 0.500. The number of rotatable bonds is 7. The minimum atomic E-state index is -0.284. The minimum Gasteiger partial charge on any atom is -0.399 e. The van der Waals surface area contributed by atoms with Crippen LogP contribution in [0.2, 0.25) is 0 Å². The van der Waals surface area contributed by atoms with Crippen molar-refractivity contribution >= 4 is 11.6 Å². The molecule has 0 aromatic heterocycles. The van der Waals surface area contributed by atoms with Crippen LogP contribution in [-0.2, 0) is 11.3 Å². The smallest absolute Gasteiger partial charge is 0.231 e. The van der Waals surface area contributed by atoms with Gasteiger partial charge in [0.1, 0.15) is 0 Å². The van der Waals surface area contributed by atoms with Gasteiger partial charge in [0.2, 0.25) is 5.91 Å². The summed E-state index contributed by atoms with van der Waals surface area (Å²) in [5.74, 6) is 0.270. The number of benzene rings is 1. The Kier molecular flexibility index (Phi) is 5.65. The molecule has 1 aromatic carbocycles. The van der Waals surface area contributed by atoms with E-state index < -0.39 is 0 Å². The maximum Gasteiger partial charge on any atom is 0.231 e. The molecule has 1 rings (SSSR count). The second kappa shape index (κ2) is 7.01. The van der Waals surface area contributed by atoms with Gasteiger partial charge in [0.05, 0.1) is 6.54 Å². The molecule has 0 fully saturated rings. The number of carbonyl (C=O) groups is 1. The van der Waals surface area contributed by atoms with Gasteiger partial charge in [-0.05, 0) is 23.6 Å². The van der Waals surface area contributed by atoms with E-state index in [2.05, 4.69) is 18.7 Å². The topological polar surface area (TPSA) is 72.3 Å². The van der Waals surface area contributed by atoms with Crippen LogP contribution < -0.4 is 11.5 Å². The molecule has 1 aromatic rings. The first-order valence-electron chi connectivity index (χ1n) is 6.36. The molecule has 0 bridgehead atoms. The highest BCUT2D eigenvalue weighted by Gasteiger charge is 2.12. The SMILES string of the molecule is CCC(C)CN(CC(N)=O)Cc1ccc(N)cc1. The first kappa shape index (κ1) is 14.5. The van der Waals surface area contributed by atoms with Gasteiger partial charge in [-0.1, -0.05) is 32.4 Å². The molecule has 18 heavy (non-hydrogen) atoms. The predicted molar refractivity (Wildman–Crippen MR) is 74.8 cm³/mol. The summed E-state index contributed by atoms with van der Waals surface area (Å²) >= 11 is 0. The lowest BCUT2D eigenvalue weighted by Gasteiger charge is -2.24. The third kappa shape index (κ3) is 5.19. The molecule has 0 aliphatic carbocycles. The lowest BCUT2D eigenvalue weighted by molar-refractivity contribution is -0.119. The van der Waals surface area contributed by atoms with Gasteiger partial charge >= 0.3 is 0 Å². The molecule has 0 aliphatic rings. The second-order valence-corrected chi connectivity index (χ2v) is 4.89. The van der Waals surface area contributed by atoms with Crippen molar-refractivity contribution in [1.82, 2.24) is 4.90 Å². The first-order chi connectivity index (χ1) is 8.51. The summed E-state index contributed by atoms with van der Waals surface area (Å²) in [6, 6.07) is 7.72. The van der Waals surface area contributed by atoms with Gasteiger partial charge in [0.15, 0.2) is 0 Å². The summed E-state index contributed by atoms with van der Waals surface area (Å²) in [5, 5.41) is 0. The number of nitrogens with zero attached hydrogens (tertiary/aromatic N) is 1. The summed E-state index contributed by atoms with van der Waals surface area (Å²) in [7, 11) is 0. The molecule has 1 amide bonds. The van der Waals surface area contributed by atoms with Gasteiger partial charge < -0.3 is 11.5 Å². The van der Waals surface area contributed by atoms with Crippen molar-refractivity contribution in [3.8, 4) is 0 Å². The zero-order valence-electron chi connectivity index (χ0n) is 11.2. The third-order valence-corrected chi connectivity index (χ3v) is 3.03. The van der Waals surface area contributed by atoms with Crippen LogP contribution in [0.4, 0.5) is 5.69 Å². The molecular formula is C14H23N3O. The highest BCUT2D eigenvalue weighted by Crippen LogP contribution is 2.11. The summed E-state index contributed by atoms with van der Waals surface area (Å²) in [6.45, 7) is 6.24. The Morgan fingerprint density at radius 2 is 1.94 bits per heavy atom. The maximum atomic E-state index is 11.1. The number of anilines is 1. The zero-order valence-corrected chi connectivity index (χ0v) is 11.2. The summed E-state index contributed by atoms with van der Waals surface area (Å²) < 4.78 is 0. The molecule has 4 N–H and O–H groups in total. The molecule has 0 aliphatic heterocycles. The average molecular weight is 249 g/mol. The number of hydrogen-bond acceptors (Lipinski definition) is 3. The van der Waals surface area contributed by atoms with E-state index in [9.17, 15) is 4.79 Å². The van der Waals surface area contributed by atoms with E-state index in [1.54, 1.807) is 0 Å². The third-order valence-electron chi connectivity index (χ3n) is 3.03. The van der Waals surface area contributed by atoms with Crippen LogP contribution in [0.5, 0.6) is 0 Å². The molecule has 1 atom stereocenters. The molecule has 1 unspecified atom stereocenters. The molecule has 0 heterocycles. The Hall–Kier alpha value is -1.55. The van der Waals surface area contributed by atoms with E-state index in [0.717, 1.165) is 30.8 Å². The molecule has 4 nitrogen and oxygen atoms in total. The van der Waals surface area contributed by atoms with Crippen molar-refractivity contribution in [2.24, 2.45) is 11.7 Å².